The van der Waals surface area contributed by atoms with Gasteiger partial charge in [0.05, 0.1) is 0 Å². The van der Waals surface area contributed by atoms with Gasteiger partial charge in [-0.15, -0.1) is 0 Å². The van der Waals surface area contributed by atoms with Gasteiger partial charge in [-0.3, -0.25) is 4.79 Å². The minimum atomic E-state index is 0.0434. The molecular weight excluding hydrogens is 166 g/mol. The van der Waals surface area contributed by atoms with E-state index in [4.69, 9.17) is 5.73 Å². The standard InChI is InChI=1S/C9H19N3O/c1-7(11(2)3)5-12-6-8(10)4-9(12)13/h7-8H,4-6,10H2,1-3H3. The molecule has 4 nitrogen and oxygen atoms in total. The summed E-state index contributed by atoms with van der Waals surface area (Å²) in [5.41, 5.74) is 5.69. The summed E-state index contributed by atoms with van der Waals surface area (Å²) in [5, 5.41) is 0. The maximum atomic E-state index is 11.4. The first-order chi connectivity index (χ1) is 6.00. The fourth-order valence-electron chi connectivity index (χ4n) is 1.46. The minimum Gasteiger partial charge on any atom is -0.340 e. The molecule has 1 amide bonds. The SMILES string of the molecule is CC(CN1CC(N)CC1=O)N(C)C. The number of carbonyl (C=O) groups excluding carboxylic acids is 1. The zero-order chi connectivity index (χ0) is 10.0. The Kier molecular flexibility index (Phi) is 3.27. The first kappa shape index (κ1) is 10.5. The van der Waals surface area contributed by atoms with E-state index in [1.54, 1.807) is 0 Å². The molecule has 0 aliphatic carbocycles. The number of likely N-dealkylation sites (tertiary alicyclic amines) is 1. The maximum Gasteiger partial charge on any atom is 0.224 e. The van der Waals surface area contributed by atoms with Crippen molar-refractivity contribution in [2.45, 2.75) is 25.4 Å². The highest BCUT2D eigenvalue weighted by Crippen LogP contribution is 2.10. The second-order valence-corrected chi connectivity index (χ2v) is 4.08. The maximum absolute atomic E-state index is 11.4. The number of hydrogen-bond acceptors (Lipinski definition) is 3. The van der Waals surface area contributed by atoms with Crippen LogP contribution in [0.4, 0.5) is 0 Å². The largest absolute Gasteiger partial charge is 0.340 e. The number of rotatable bonds is 3. The van der Waals surface area contributed by atoms with Crippen LogP contribution in [0.25, 0.3) is 0 Å². The van der Waals surface area contributed by atoms with Gasteiger partial charge in [0.2, 0.25) is 5.91 Å². The van der Waals surface area contributed by atoms with E-state index in [2.05, 4.69) is 11.8 Å². The lowest BCUT2D eigenvalue weighted by atomic mass is 10.3. The van der Waals surface area contributed by atoms with Crippen molar-refractivity contribution in [3.05, 3.63) is 0 Å². The number of hydrogen-bond donors (Lipinski definition) is 1. The molecule has 76 valence electrons. The minimum absolute atomic E-state index is 0.0434. The quantitative estimate of drug-likeness (QED) is 0.644. The highest BCUT2D eigenvalue weighted by Gasteiger charge is 2.27. The molecule has 2 unspecified atom stereocenters. The lowest BCUT2D eigenvalue weighted by Gasteiger charge is -2.25. The molecule has 1 aliphatic heterocycles. The third kappa shape index (κ3) is 2.67. The van der Waals surface area contributed by atoms with E-state index in [0.717, 1.165) is 13.1 Å². The summed E-state index contributed by atoms with van der Waals surface area (Å²) in [6.45, 7) is 3.62. The van der Waals surface area contributed by atoms with Gasteiger partial charge in [0.25, 0.3) is 0 Å². The highest BCUT2D eigenvalue weighted by atomic mass is 16.2. The van der Waals surface area contributed by atoms with Crippen LogP contribution in [0.1, 0.15) is 13.3 Å². The van der Waals surface area contributed by atoms with Crippen LogP contribution in [0.3, 0.4) is 0 Å². The molecule has 2 atom stereocenters. The monoisotopic (exact) mass is 185 g/mol. The van der Waals surface area contributed by atoms with Crippen molar-refractivity contribution in [1.29, 1.82) is 0 Å². The van der Waals surface area contributed by atoms with E-state index in [9.17, 15) is 4.79 Å². The van der Waals surface area contributed by atoms with E-state index in [1.807, 2.05) is 19.0 Å². The molecule has 0 aromatic carbocycles. The van der Waals surface area contributed by atoms with E-state index in [0.29, 0.717) is 12.5 Å². The zero-order valence-electron chi connectivity index (χ0n) is 8.66. The molecule has 1 saturated heterocycles. The molecule has 4 heteroatoms. The van der Waals surface area contributed by atoms with Crippen LogP contribution in [-0.2, 0) is 4.79 Å². The van der Waals surface area contributed by atoms with E-state index in [1.165, 1.54) is 0 Å². The van der Waals surface area contributed by atoms with Gasteiger partial charge in [0, 0.05) is 31.6 Å². The fraction of sp³-hybridized carbons (Fsp3) is 0.889. The molecule has 0 spiro atoms. The van der Waals surface area contributed by atoms with Crippen LogP contribution < -0.4 is 5.73 Å². The summed E-state index contributed by atoms with van der Waals surface area (Å²) in [4.78, 5) is 15.3. The first-order valence-corrected chi connectivity index (χ1v) is 4.70. The molecule has 0 saturated carbocycles. The van der Waals surface area contributed by atoms with Crippen LogP contribution in [0.15, 0.2) is 0 Å². The third-order valence-electron chi connectivity index (χ3n) is 2.61. The van der Waals surface area contributed by atoms with Gasteiger partial charge in [0.15, 0.2) is 0 Å². The van der Waals surface area contributed by atoms with E-state index >= 15 is 0 Å². The Labute approximate surface area is 79.7 Å². The van der Waals surface area contributed by atoms with Gasteiger partial charge in [-0.1, -0.05) is 0 Å². The first-order valence-electron chi connectivity index (χ1n) is 4.70. The summed E-state index contributed by atoms with van der Waals surface area (Å²) in [7, 11) is 4.04. The predicted octanol–water partition coefficient (Wildman–Crippen LogP) is -0.504. The van der Waals surface area contributed by atoms with E-state index in [-0.39, 0.29) is 11.9 Å². The number of amides is 1. The molecule has 0 bridgehead atoms. The average molecular weight is 185 g/mol. The number of likely N-dealkylation sites (N-methyl/N-ethyl adjacent to an activating group) is 1. The van der Waals surface area contributed by atoms with Gasteiger partial charge < -0.3 is 15.5 Å². The van der Waals surface area contributed by atoms with Gasteiger partial charge >= 0.3 is 0 Å². The van der Waals surface area contributed by atoms with Crippen molar-refractivity contribution in [3.63, 3.8) is 0 Å². The van der Waals surface area contributed by atoms with Crippen molar-refractivity contribution in [1.82, 2.24) is 9.80 Å². The molecule has 0 radical (unpaired) electrons. The molecule has 13 heavy (non-hydrogen) atoms. The van der Waals surface area contributed by atoms with Crippen molar-refractivity contribution in [3.8, 4) is 0 Å². The Morgan fingerprint density at radius 2 is 2.31 bits per heavy atom. The molecule has 1 aliphatic rings. The zero-order valence-corrected chi connectivity index (χ0v) is 8.66. The second-order valence-electron chi connectivity index (χ2n) is 4.08. The van der Waals surface area contributed by atoms with Crippen LogP contribution in [-0.4, -0.2) is 55.0 Å². The average Bonchev–Trinajstić information content (AvgIpc) is 2.30. The summed E-state index contributed by atoms with van der Waals surface area (Å²) in [5.74, 6) is 0.196. The van der Waals surface area contributed by atoms with Gasteiger partial charge in [0.1, 0.15) is 0 Å². The molecular formula is C9H19N3O. The van der Waals surface area contributed by atoms with Crippen molar-refractivity contribution in [2.75, 3.05) is 27.2 Å². The summed E-state index contributed by atoms with van der Waals surface area (Å²) >= 11 is 0. The van der Waals surface area contributed by atoms with Crippen LogP contribution in [0.5, 0.6) is 0 Å². The van der Waals surface area contributed by atoms with Gasteiger partial charge in [-0.05, 0) is 21.0 Å². The Morgan fingerprint density at radius 3 is 2.69 bits per heavy atom. The number of nitrogens with zero attached hydrogens (tertiary/aromatic N) is 2. The Hall–Kier alpha value is -0.610. The summed E-state index contributed by atoms with van der Waals surface area (Å²) in [6, 6.07) is 0.441. The summed E-state index contributed by atoms with van der Waals surface area (Å²) in [6.07, 6.45) is 0.514. The normalized spacial score (nSPS) is 25.8. The molecule has 0 aromatic heterocycles. The molecule has 0 aromatic rings. The molecule has 1 rings (SSSR count). The second kappa shape index (κ2) is 4.07. The van der Waals surface area contributed by atoms with Crippen LogP contribution in [0.2, 0.25) is 0 Å². The smallest absolute Gasteiger partial charge is 0.224 e. The lowest BCUT2D eigenvalue weighted by molar-refractivity contribution is -0.128. The van der Waals surface area contributed by atoms with Crippen molar-refractivity contribution in [2.24, 2.45) is 5.73 Å². The predicted molar refractivity (Wildman–Crippen MR) is 52.3 cm³/mol. The van der Waals surface area contributed by atoms with Crippen LogP contribution in [0, 0.1) is 0 Å². The lowest BCUT2D eigenvalue weighted by Crippen LogP contribution is -2.40. The molecule has 2 N–H and O–H groups in total. The topological polar surface area (TPSA) is 49.6 Å². The van der Waals surface area contributed by atoms with Gasteiger partial charge in [-0.2, -0.15) is 0 Å². The highest BCUT2D eigenvalue weighted by molar-refractivity contribution is 5.79. The fourth-order valence-corrected chi connectivity index (χ4v) is 1.46. The number of nitrogens with two attached hydrogens (primary N) is 1. The Bertz CT molecular complexity index is 193. The van der Waals surface area contributed by atoms with E-state index < -0.39 is 0 Å². The van der Waals surface area contributed by atoms with Crippen molar-refractivity contribution >= 4 is 5.91 Å². The Morgan fingerprint density at radius 1 is 1.69 bits per heavy atom. The summed E-state index contributed by atoms with van der Waals surface area (Å²) < 4.78 is 0. The van der Waals surface area contributed by atoms with Gasteiger partial charge in [-0.25, -0.2) is 0 Å². The molecule has 1 heterocycles. The number of carbonyl (C=O) groups is 1. The van der Waals surface area contributed by atoms with Crippen LogP contribution >= 0.6 is 0 Å². The Balaban J connectivity index is 2.41. The van der Waals surface area contributed by atoms with Crippen molar-refractivity contribution < 1.29 is 4.79 Å². The molecule has 1 fully saturated rings. The third-order valence-corrected chi connectivity index (χ3v) is 2.61.